The van der Waals surface area contributed by atoms with Crippen LogP contribution in [0.5, 0.6) is 0 Å². The summed E-state index contributed by atoms with van der Waals surface area (Å²) in [5.74, 6) is 0.282. The Morgan fingerprint density at radius 3 is 2.60 bits per heavy atom. The van der Waals surface area contributed by atoms with Gasteiger partial charge in [0.15, 0.2) is 0 Å². The van der Waals surface area contributed by atoms with Crippen molar-refractivity contribution in [1.82, 2.24) is 14.9 Å². The molecule has 4 aromatic rings. The quantitative estimate of drug-likeness (QED) is 0.423. The lowest BCUT2D eigenvalue weighted by molar-refractivity contribution is -0.131. The average Bonchev–Trinajstić information content (AvgIpc) is 3.41. The van der Waals surface area contributed by atoms with Gasteiger partial charge >= 0.3 is 0 Å². The van der Waals surface area contributed by atoms with Gasteiger partial charge in [-0.2, -0.15) is 0 Å². The van der Waals surface area contributed by atoms with E-state index >= 15 is 0 Å². The number of nitrogens with zero attached hydrogens (tertiary/aromatic N) is 3. The van der Waals surface area contributed by atoms with Crippen molar-refractivity contribution >= 4 is 38.8 Å². The third-order valence-electron chi connectivity index (χ3n) is 5.48. The molecule has 0 aliphatic carbocycles. The Kier molecular flexibility index (Phi) is 5.31. The van der Waals surface area contributed by atoms with Crippen LogP contribution < -0.4 is 0 Å². The summed E-state index contributed by atoms with van der Waals surface area (Å²) in [7, 11) is 0. The molecular weight excluding hydrogens is 417 g/mol. The molecule has 0 spiro atoms. The minimum Gasteiger partial charge on any atom is -0.342 e. The van der Waals surface area contributed by atoms with Crippen molar-refractivity contribution in [2.45, 2.75) is 25.2 Å². The van der Waals surface area contributed by atoms with Gasteiger partial charge in [0, 0.05) is 30.0 Å². The molecule has 30 heavy (non-hydrogen) atoms. The Balaban J connectivity index is 1.19. The normalized spacial score (nSPS) is 15.0. The highest BCUT2D eigenvalue weighted by molar-refractivity contribution is 7.18. The zero-order chi connectivity index (χ0) is 20.5. The maximum absolute atomic E-state index is 13.1. The van der Waals surface area contributed by atoms with Crippen LogP contribution in [-0.2, 0) is 11.2 Å². The highest BCUT2D eigenvalue weighted by Crippen LogP contribution is 2.34. The van der Waals surface area contributed by atoms with Crippen molar-refractivity contribution in [1.29, 1.82) is 0 Å². The van der Waals surface area contributed by atoms with Crippen LogP contribution in [0.4, 0.5) is 4.39 Å². The molecule has 7 heteroatoms. The van der Waals surface area contributed by atoms with E-state index in [4.69, 9.17) is 4.98 Å². The van der Waals surface area contributed by atoms with E-state index in [1.807, 2.05) is 22.4 Å². The summed E-state index contributed by atoms with van der Waals surface area (Å²) in [4.78, 5) is 24.1. The smallest absolute Gasteiger partial charge is 0.228 e. The van der Waals surface area contributed by atoms with Gasteiger partial charge in [-0.15, -0.1) is 22.7 Å². The Labute approximate surface area is 182 Å². The molecule has 0 radical (unpaired) electrons. The predicted octanol–water partition coefficient (Wildman–Crippen LogP) is 5.51. The van der Waals surface area contributed by atoms with E-state index in [0.29, 0.717) is 12.3 Å². The highest BCUT2D eigenvalue weighted by Gasteiger charge is 2.26. The second-order valence-electron chi connectivity index (χ2n) is 7.50. The fourth-order valence-corrected chi connectivity index (χ4v) is 5.78. The third kappa shape index (κ3) is 4.00. The molecule has 152 valence electrons. The Morgan fingerprint density at radius 1 is 1.07 bits per heavy atom. The molecule has 1 amide bonds. The molecule has 5 rings (SSSR count). The molecule has 0 bridgehead atoms. The molecule has 0 saturated carbocycles. The minimum absolute atomic E-state index is 0.119. The van der Waals surface area contributed by atoms with E-state index in [2.05, 4.69) is 17.1 Å². The number of rotatable bonds is 4. The standard InChI is InChI=1S/C23H20FN3OS2/c24-17-7-5-15(6-8-17)22-25-18(14-29-22)13-21(28)27-11-9-16(10-12-27)23-26-19-3-1-2-4-20(19)30-23/h1-8,14,16H,9-13H2. The second-order valence-corrected chi connectivity index (χ2v) is 9.42. The van der Waals surface area contributed by atoms with Gasteiger partial charge < -0.3 is 4.90 Å². The molecule has 1 aliphatic heterocycles. The Hall–Kier alpha value is -2.64. The molecule has 4 nitrogen and oxygen atoms in total. The van der Waals surface area contributed by atoms with Crippen molar-refractivity contribution in [3.05, 3.63) is 70.4 Å². The molecule has 0 N–H and O–H groups in total. The number of carbonyl (C=O) groups excluding carboxylic acids is 1. The van der Waals surface area contributed by atoms with Gasteiger partial charge in [-0.05, 0) is 49.2 Å². The van der Waals surface area contributed by atoms with E-state index in [1.165, 1.54) is 33.2 Å². The number of para-hydroxylation sites is 1. The number of piperidine rings is 1. The van der Waals surface area contributed by atoms with E-state index < -0.39 is 0 Å². The first-order chi connectivity index (χ1) is 14.7. The van der Waals surface area contributed by atoms with Gasteiger partial charge in [-0.25, -0.2) is 14.4 Å². The Bertz CT molecular complexity index is 1140. The molecule has 2 aromatic carbocycles. The molecule has 1 aliphatic rings. The molecule has 1 saturated heterocycles. The summed E-state index contributed by atoms with van der Waals surface area (Å²) < 4.78 is 14.3. The number of amides is 1. The monoisotopic (exact) mass is 437 g/mol. The van der Waals surface area contributed by atoms with Gasteiger partial charge in [-0.1, -0.05) is 12.1 Å². The van der Waals surface area contributed by atoms with E-state index in [9.17, 15) is 9.18 Å². The predicted molar refractivity (Wildman–Crippen MR) is 119 cm³/mol. The molecule has 0 unspecified atom stereocenters. The lowest BCUT2D eigenvalue weighted by atomic mass is 9.97. The minimum atomic E-state index is -0.264. The third-order valence-corrected chi connectivity index (χ3v) is 7.62. The lowest BCUT2D eigenvalue weighted by Crippen LogP contribution is -2.38. The molecular formula is C23H20FN3OS2. The van der Waals surface area contributed by atoms with Crippen LogP contribution in [0.2, 0.25) is 0 Å². The maximum atomic E-state index is 13.1. The first-order valence-electron chi connectivity index (χ1n) is 9.99. The van der Waals surface area contributed by atoms with Gasteiger partial charge in [-0.3, -0.25) is 4.79 Å². The number of halogens is 1. The zero-order valence-electron chi connectivity index (χ0n) is 16.3. The van der Waals surface area contributed by atoms with Crippen LogP contribution in [0.25, 0.3) is 20.8 Å². The van der Waals surface area contributed by atoms with Crippen LogP contribution in [0, 0.1) is 5.82 Å². The molecule has 0 atom stereocenters. The van der Waals surface area contributed by atoms with Crippen molar-refractivity contribution < 1.29 is 9.18 Å². The fraction of sp³-hybridized carbons (Fsp3) is 0.261. The van der Waals surface area contributed by atoms with E-state index in [0.717, 1.165) is 47.7 Å². The topological polar surface area (TPSA) is 46.1 Å². The maximum Gasteiger partial charge on any atom is 0.228 e. The fourth-order valence-electron chi connectivity index (χ4n) is 3.82. The SMILES string of the molecule is O=C(Cc1csc(-c2ccc(F)cc2)n1)N1CCC(c2nc3ccccc3s2)CC1. The van der Waals surface area contributed by atoms with Crippen LogP contribution in [0.3, 0.4) is 0 Å². The summed E-state index contributed by atoms with van der Waals surface area (Å²) in [6.45, 7) is 1.52. The highest BCUT2D eigenvalue weighted by atomic mass is 32.1. The van der Waals surface area contributed by atoms with Gasteiger partial charge in [0.25, 0.3) is 0 Å². The number of aromatic nitrogens is 2. The Morgan fingerprint density at radius 2 is 1.83 bits per heavy atom. The number of carbonyl (C=O) groups is 1. The summed E-state index contributed by atoms with van der Waals surface area (Å²) in [6.07, 6.45) is 2.20. The summed E-state index contributed by atoms with van der Waals surface area (Å²) in [5.41, 5.74) is 2.71. The first kappa shape index (κ1) is 19.3. The van der Waals surface area contributed by atoms with Gasteiger partial charge in [0.2, 0.25) is 5.91 Å². The molecule has 2 aromatic heterocycles. The van der Waals surface area contributed by atoms with Crippen LogP contribution >= 0.6 is 22.7 Å². The number of benzene rings is 2. The summed E-state index contributed by atoms with van der Waals surface area (Å²) >= 11 is 3.26. The first-order valence-corrected chi connectivity index (χ1v) is 11.7. The van der Waals surface area contributed by atoms with E-state index in [1.54, 1.807) is 23.5 Å². The molecule has 3 heterocycles. The second kappa shape index (κ2) is 8.24. The summed E-state index contributed by atoms with van der Waals surface area (Å²) in [5, 5.41) is 3.92. The lowest BCUT2D eigenvalue weighted by Gasteiger charge is -2.31. The van der Waals surface area contributed by atoms with Crippen LogP contribution in [-0.4, -0.2) is 33.9 Å². The average molecular weight is 438 g/mol. The van der Waals surface area contributed by atoms with Crippen molar-refractivity contribution in [2.75, 3.05) is 13.1 Å². The van der Waals surface area contributed by atoms with Crippen LogP contribution in [0.15, 0.2) is 53.9 Å². The van der Waals surface area contributed by atoms with Crippen molar-refractivity contribution in [3.8, 4) is 10.6 Å². The van der Waals surface area contributed by atoms with Gasteiger partial charge in [0.1, 0.15) is 10.8 Å². The zero-order valence-corrected chi connectivity index (χ0v) is 17.9. The van der Waals surface area contributed by atoms with Gasteiger partial charge in [0.05, 0.1) is 27.3 Å². The van der Waals surface area contributed by atoms with Crippen LogP contribution in [0.1, 0.15) is 29.5 Å². The largest absolute Gasteiger partial charge is 0.342 e. The number of hydrogen-bond donors (Lipinski definition) is 0. The van der Waals surface area contributed by atoms with Crippen molar-refractivity contribution in [2.24, 2.45) is 0 Å². The molecule has 1 fully saturated rings. The number of likely N-dealkylation sites (tertiary alicyclic amines) is 1. The number of hydrogen-bond acceptors (Lipinski definition) is 5. The van der Waals surface area contributed by atoms with E-state index in [-0.39, 0.29) is 11.7 Å². The number of fused-ring (bicyclic) bond motifs is 1. The number of thiazole rings is 2. The van der Waals surface area contributed by atoms with Crippen molar-refractivity contribution in [3.63, 3.8) is 0 Å². The summed E-state index contributed by atoms with van der Waals surface area (Å²) in [6, 6.07) is 14.5.